The van der Waals surface area contributed by atoms with Crippen molar-refractivity contribution < 1.29 is 32.2 Å². The molecule has 2 aliphatic rings. The molecule has 12 heteroatoms. The third-order valence-corrected chi connectivity index (χ3v) is 9.85. The predicted octanol–water partition coefficient (Wildman–Crippen LogP) is 6.15. The van der Waals surface area contributed by atoms with Gasteiger partial charge < -0.3 is 14.5 Å². The maximum atomic E-state index is 13.9. The Bertz CT molecular complexity index is 1770. The van der Waals surface area contributed by atoms with E-state index in [1.807, 2.05) is 31.2 Å². The molecule has 0 bridgehead atoms. The van der Waals surface area contributed by atoms with Gasteiger partial charge in [-0.2, -0.15) is 13.2 Å². The number of hydrogen-bond donors (Lipinski definition) is 1. The first kappa shape index (κ1) is 28.1. The number of aromatic amines is 1. The molecule has 6 rings (SSSR count). The fourth-order valence-electron chi connectivity index (χ4n) is 5.38. The van der Waals surface area contributed by atoms with Gasteiger partial charge in [-0.15, -0.1) is 0 Å². The van der Waals surface area contributed by atoms with E-state index in [4.69, 9.17) is 9.47 Å². The number of hydrogen-bond acceptors (Lipinski definition) is 7. The minimum absolute atomic E-state index is 0.150. The monoisotopic (exact) mass is 612 g/mol. The van der Waals surface area contributed by atoms with Crippen molar-refractivity contribution in [3.63, 3.8) is 0 Å². The molecular weight excluding hydrogens is 589 g/mol. The number of thioether (sulfide) groups is 1. The summed E-state index contributed by atoms with van der Waals surface area (Å²) in [4.78, 5) is 43.7. The van der Waals surface area contributed by atoms with Gasteiger partial charge in [0.05, 0.1) is 29.3 Å². The van der Waals surface area contributed by atoms with E-state index in [1.54, 1.807) is 18.2 Å². The van der Waals surface area contributed by atoms with E-state index in [0.717, 1.165) is 51.3 Å². The maximum absolute atomic E-state index is 13.9. The van der Waals surface area contributed by atoms with E-state index in [1.165, 1.54) is 19.2 Å². The highest BCUT2D eigenvalue weighted by molar-refractivity contribution is 8.00. The molecule has 42 heavy (non-hydrogen) atoms. The molecule has 1 N–H and O–H groups in total. The second-order valence-electron chi connectivity index (χ2n) is 9.94. The van der Waals surface area contributed by atoms with Crippen molar-refractivity contribution in [1.82, 2.24) is 4.98 Å². The van der Waals surface area contributed by atoms with Crippen molar-refractivity contribution in [2.75, 3.05) is 12.0 Å². The molecule has 216 valence electrons. The predicted molar refractivity (Wildman–Crippen MR) is 152 cm³/mol. The number of thiazole rings is 1. The number of anilines is 1. The minimum Gasteiger partial charge on any atom is -0.493 e. The second kappa shape index (κ2) is 10.7. The number of methoxy groups -OCH3 is 1. The number of carbonyl (C=O) groups excluding carboxylic acids is 2. The molecule has 7 nitrogen and oxygen atoms in total. The molecule has 3 heterocycles. The second-order valence-corrected chi connectivity index (χ2v) is 12.1. The summed E-state index contributed by atoms with van der Waals surface area (Å²) in [7, 11) is 1.49. The highest BCUT2D eigenvalue weighted by atomic mass is 32.2. The van der Waals surface area contributed by atoms with Gasteiger partial charge in [0.1, 0.15) is 11.9 Å². The van der Waals surface area contributed by atoms with Crippen LogP contribution in [0.5, 0.6) is 11.5 Å². The number of benzene rings is 3. The van der Waals surface area contributed by atoms with E-state index < -0.39 is 40.6 Å². The zero-order valence-electron chi connectivity index (χ0n) is 22.2. The van der Waals surface area contributed by atoms with Crippen LogP contribution >= 0.6 is 23.1 Å². The first-order chi connectivity index (χ1) is 20.1. The number of carbonyl (C=O) groups is 2. The van der Waals surface area contributed by atoms with Crippen molar-refractivity contribution in [2.24, 2.45) is 5.92 Å². The Morgan fingerprint density at radius 1 is 0.952 bits per heavy atom. The van der Waals surface area contributed by atoms with Gasteiger partial charge in [-0.1, -0.05) is 59.5 Å². The average molecular weight is 613 g/mol. The number of aromatic nitrogens is 1. The Balaban J connectivity index is 1.38. The van der Waals surface area contributed by atoms with Gasteiger partial charge in [-0.3, -0.25) is 14.4 Å². The van der Waals surface area contributed by atoms with Gasteiger partial charge in [0, 0.05) is 10.8 Å². The number of fused-ring (bicyclic) bond motifs is 2. The lowest BCUT2D eigenvalue weighted by Crippen LogP contribution is -2.32. The number of amides is 2. The van der Waals surface area contributed by atoms with Crippen molar-refractivity contribution in [3.05, 3.63) is 104 Å². The van der Waals surface area contributed by atoms with Crippen LogP contribution in [-0.2, 0) is 22.4 Å². The number of alkyl halides is 3. The molecule has 2 amide bonds. The normalized spacial score (nSPS) is 19.9. The Labute approximate surface area is 246 Å². The molecule has 0 aliphatic carbocycles. The van der Waals surface area contributed by atoms with Crippen LogP contribution in [0.15, 0.2) is 76.6 Å². The van der Waals surface area contributed by atoms with Gasteiger partial charge in [-0.25, -0.2) is 4.90 Å². The number of imide groups is 1. The summed E-state index contributed by atoms with van der Waals surface area (Å²) in [5, 5.41) is -0.486. The van der Waals surface area contributed by atoms with Crippen LogP contribution in [0.4, 0.5) is 18.9 Å². The van der Waals surface area contributed by atoms with E-state index in [-0.39, 0.29) is 10.6 Å². The zero-order chi connectivity index (χ0) is 29.8. The molecule has 0 spiro atoms. The Morgan fingerprint density at radius 2 is 1.74 bits per heavy atom. The summed E-state index contributed by atoms with van der Waals surface area (Å²) in [6.45, 7) is 2.29. The van der Waals surface area contributed by atoms with Gasteiger partial charge in [0.2, 0.25) is 11.8 Å². The van der Waals surface area contributed by atoms with Crippen LogP contribution in [0.2, 0.25) is 0 Å². The lowest BCUT2D eigenvalue weighted by Gasteiger charge is -2.30. The molecule has 1 fully saturated rings. The van der Waals surface area contributed by atoms with Crippen LogP contribution < -0.4 is 19.2 Å². The lowest BCUT2D eigenvalue weighted by atomic mass is 9.83. The van der Waals surface area contributed by atoms with E-state index in [0.29, 0.717) is 33.6 Å². The Kier molecular flexibility index (Phi) is 7.14. The van der Waals surface area contributed by atoms with Crippen molar-refractivity contribution in [3.8, 4) is 11.5 Å². The van der Waals surface area contributed by atoms with Gasteiger partial charge >= 0.3 is 11.0 Å². The summed E-state index contributed by atoms with van der Waals surface area (Å²) in [6, 6.07) is 17.2. The molecule has 2 unspecified atom stereocenters. The largest absolute Gasteiger partial charge is 0.493 e. The van der Waals surface area contributed by atoms with Crippen molar-refractivity contribution in [2.45, 2.75) is 35.9 Å². The topological polar surface area (TPSA) is 88.7 Å². The average Bonchev–Trinajstić information content (AvgIpc) is 3.46. The fourth-order valence-corrected chi connectivity index (χ4v) is 7.89. The van der Waals surface area contributed by atoms with Gasteiger partial charge in [0.25, 0.3) is 0 Å². The summed E-state index contributed by atoms with van der Waals surface area (Å²) in [5.74, 6) is -2.09. The smallest absolute Gasteiger partial charge is 0.416 e. The van der Waals surface area contributed by atoms with Gasteiger partial charge in [0.15, 0.2) is 11.5 Å². The number of ether oxygens (including phenoxy) is 2. The minimum atomic E-state index is -4.64. The van der Waals surface area contributed by atoms with Crippen molar-refractivity contribution in [1.29, 1.82) is 0 Å². The van der Waals surface area contributed by atoms with E-state index >= 15 is 0 Å². The standard InChI is InChI=1S/C30H23F3N2O5S2/c1-15-6-3-4-7-17(15)14-40-20-11-10-16(12-21(20)39-2)22-23-25(41-26-24(22)42-29(38)34-26)28(37)35(27(23)36)19-9-5-8-18(13-19)30(31,32)33/h3-13,22-23,25H,14H2,1-2H3,(H,34,38)/t22-,23?,25?/m1/s1. The number of H-pyrrole nitrogens is 1. The molecular formula is C30H23F3N2O5S2. The van der Waals surface area contributed by atoms with Crippen molar-refractivity contribution >= 4 is 40.6 Å². The molecule has 4 aromatic rings. The van der Waals surface area contributed by atoms with Crippen LogP contribution in [0.25, 0.3) is 0 Å². The summed E-state index contributed by atoms with van der Waals surface area (Å²) in [5.41, 5.74) is 1.57. The number of nitrogens with one attached hydrogen (secondary N) is 1. The van der Waals surface area contributed by atoms with Crippen LogP contribution in [0, 0.1) is 12.8 Å². The first-order valence-corrected chi connectivity index (χ1v) is 14.6. The quantitative estimate of drug-likeness (QED) is 0.263. The van der Waals surface area contributed by atoms with Crippen LogP contribution in [0.3, 0.4) is 0 Å². The third kappa shape index (κ3) is 4.88. The highest BCUT2D eigenvalue weighted by Crippen LogP contribution is 2.54. The summed E-state index contributed by atoms with van der Waals surface area (Å²) in [6.07, 6.45) is -4.64. The fraction of sp³-hybridized carbons (Fsp3) is 0.233. The Morgan fingerprint density at radius 3 is 2.48 bits per heavy atom. The molecule has 2 aliphatic heterocycles. The molecule has 3 atom stereocenters. The number of rotatable bonds is 6. The van der Waals surface area contributed by atoms with E-state index in [2.05, 4.69) is 4.98 Å². The number of aryl methyl sites for hydroxylation is 1. The van der Waals surface area contributed by atoms with Crippen LogP contribution in [-0.4, -0.2) is 29.2 Å². The summed E-state index contributed by atoms with van der Waals surface area (Å²) >= 11 is 1.99. The lowest BCUT2D eigenvalue weighted by molar-refractivity contribution is -0.137. The molecule has 1 aromatic heterocycles. The molecule has 1 saturated heterocycles. The third-order valence-electron chi connectivity index (χ3n) is 7.45. The molecule has 0 radical (unpaired) electrons. The molecule has 3 aromatic carbocycles. The highest BCUT2D eigenvalue weighted by Gasteiger charge is 2.56. The maximum Gasteiger partial charge on any atom is 0.416 e. The Hall–Kier alpha value is -4.03. The van der Waals surface area contributed by atoms with E-state index in [9.17, 15) is 27.6 Å². The number of nitrogens with zero attached hydrogens (tertiary/aromatic N) is 1. The summed E-state index contributed by atoms with van der Waals surface area (Å²) < 4.78 is 52.0. The van der Waals surface area contributed by atoms with Crippen LogP contribution in [0.1, 0.15) is 33.0 Å². The van der Waals surface area contributed by atoms with Gasteiger partial charge in [-0.05, 0) is 53.9 Å². The first-order valence-electron chi connectivity index (χ1n) is 12.9. The number of halogens is 3. The SMILES string of the molecule is COc1cc([C@H]2c3sc(=O)[nH]c3SC3C(=O)N(c4cccc(C(F)(F)F)c4)C(=O)C32)ccc1OCc1ccccc1C. The molecule has 0 saturated carbocycles. The zero-order valence-corrected chi connectivity index (χ0v) is 23.9.